The number of ether oxygens (including phenoxy) is 3. The number of sulfonamides is 1. The van der Waals surface area contributed by atoms with E-state index in [0.717, 1.165) is 31.9 Å². The summed E-state index contributed by atoms with van der Waals surface area (Å²) < 4.78 is 44.0. The van der Waals surface area contributed by atoms with Crippen LogP contribution in [0.4, 0.5) is 0 Å². The Labute approximate surface area is 305 Å². The Hall–Kier alpha value is -2.02. The van der Waals surface area contributed by atoms with Crippen LogP contribution in [0.5, 0.6) is 0 Å². The summed E-state index contributed by atoms with van der Waals surface area (Å²) >= 11 is 0. The number of carboxylic acids is 1. The van der Waals surface area contributed by atoms with Gasteiger partial charge in [-0.25, -0.2) is 13.1 Å². The van der Waals surface area contributed by atoms with E-state index in [0.29, 0.717) is 51.2 Å². The van der Waals surface area contributed by atoms with Crippen molar-refractivity contribution in [3.8, 4) is 0 Å². The number of carbonyl (C=O) groups is 3. The maximum Gasteiger partial charge on any atom is 0.323 e. The minimum Gasteiger partial charge on any atom is -0.481 e. The molecule has 0 radical (unpaired) electrons. The van der Waals surface area contributed by atoms with Crippen LogP contribution >= 0.6 is 0 Å². The van der Waals surface area contributed by atoms with Gasteiger partial charge in [-0.2, -0.15) is 0 Å². The third-order valence-electron chi connectivity index (χ3n) is 15.2. The molecule has 11 nitrogen and oxygen atoms in total. The lowest BCUT2D eigenvalue weighted by atomic mass is 9.34. The summed E-state index contributed by atoms with van der Waals surface area (Å²) in [5.41, 5.74) is 5.49. The molecule has 2 bridgehead atoms. The fraction of sp³-hybridized carbons (Fsp3) is 0.872. The van der Waals surface area contributed by atoms with Crippen molar-refractivity contribution >= 4 is 27.9 Å². The van der Waals surface area contributed by atoms with Crippen LogP contribution < -0.4 is 10.5 Å². The highest BCUT2D eigenvalue weighted by atomic mass is 32.2. The van der Waals surface area contributed by atoms with Crippen LogP contribution in [0.2, 0.25) is 0 Å². The van der Waals surface area contributed by atoms with Gasteiger partial charge in [0.1, 0.15) is 18.2 Å². The summed E-state index contributed by atoms with van der Waals surface area (Å²) in [5, 5.41) is 11.0. The van der Waals surface area contributed by atoms with Gasteiger partial charge in [0, 0.05) is 24.3 Å². The molecule has 290 valence electrons. The van der Waals surface area contributed by atoms with Crippen LogP contribution in [0.3, 0.4) is 0 Å². The number of unbranched alkanes of at least 4 members (excludes halogenated alkanes) is 1. The number of hydrogen-bond donors (Lipinski definition) is 3. The number of allylic oxidation sites excluding steroid dienone is 1. The third-order valence-corrected chi connectivity index (χ3v) is 16.0. The number of aliphatic carboxylic acids is 1. The van der Waals surface area contributed by atoms with Gasteiger partial charge in [0.05, 0.1) is 25.4 Å². The number of hydrogen-bond acceptors (Lipinski definition) is 9. The molecule has 1 saturated heterocycles. The minimum atomic E-state index is -3.29. The summed E-state index contributed by atoms with van der Waals surface area (Å²) in [7, 11) is -3.29. The fourth-order valence-corrected chi connectivity index (χ4v) is 12.7. The normalized spacial score (nSPS) is 41.6. The number of fused-ring (bicyclic) bond motifs is 3. The zero-order valence-electron chi connectivity index (χ0n) is 32.4. The molecule has 51 heavy (non-hydrogen) atoms. The van der Waals surface area contributed by atoms with Crippen molar-refractivity contribution in [1.82, 2.24) is 4.72 Å². The lowest BCUT2D eigenvalue weighted by Gasteiger charge is -2.71. The number of carbonyl (C=O) groups excluding carboxylic acids is 2. The molecule has 0 aromatic rings. The second-order valence-corrected chi connectivity index (χ2v) is 20.2. The Balaban J connectivity index is 1.45. The molecule has 1 aliphatic heterocycles. The van der Waals surface area contributed by atoms with Gasteiger partial charge in [0.2, 0.25) is 10.0 Å². The van der Waals surface area contributed by atoms with Gasteiger partial charge in [0.15, 0.2) is 0 Å². The molecule has 4 N–H and O–H groups in total. The van der Waals surface area contributed by atoms with E-state index >= 15 is 0 Å². The molecule has 12 atom stereocenters. The number of rotatable bonds is 12. The topological polar surface area (TPSA) is 171 Å². The van der Waals surface area contributed by atoms with Crippen molar-refractivity contribution in [2.75, 3.05) is 26.0 Å². The molecular weight excluding hydrogens is 673 g/mol. The monoisotopic (exact) mass is 736 g/mol. The summed E-state index contributed by atoms with van der Waals surface area (Å²) in [6, 6.07) is -0.909. The van der Waals surface area contributed by atoms with Gasteiger partial charge in [-0.1, -0.05) is 66.5 Å². The molecule has 5 aliphatic rings. The maximum atomic E-state index is 13.5. The molecule has 0 aromatic carbocycles. The predicted molar refractivity (Wildman–Crippen MR) is 194 cm³/mol. The van der Waals surface area contributed by atoms with E-state index in [-0.39, 0.29) is 35.1 Å². The minimum absolute atomic E-state index is 0.0993. The van der Waals surface area contributed by atoms with Gasteiger partial charge < -0.3 is 25.1 Å². The van der Waals surface area contributed by atoms with Crippen molar-refractivity contribution < 1.29 is 42.1 Å². The predicted octanol–water partition coefficient (Wildman–Crippen LogP) is 5.47. The first-order valence-corrected chi connectivity index (χ1v) is 21.1. The van der Waals surface area contributed by atoms with Crippen LogP contribution in [-0.2, 0) is 38.6 Å². The first-order chi connectivity index (χ1) is 23.6. The lowest BCUT2D eigenvalue weighted by Crippen LogP contribution is -2.70. The van der Waals surface area contributed by atoms with Crippen LogP contribution in [0.1, 0.15) is 113 Å². The molecule has 5 rings (SSSR count). The van der Waals surface area contributed by atoms with Gasteiger partial charge in [-0.3, -0.25) is 14.4 Å². The average Bonchev–Trinajstić information content (AvgIpc) is 3.01. The van der Waals surface area contributed by atoms with E-state index < -0.39 is 68.3 Å². The Morgan fingerprint density at radius 2 is 1.73 bits per heavy atom. The SMILES string of the molecule is CC(=O)O[C@@H]1C[C@]23COC[C@](C)([C@@H]2CC[C@H]2C3=CC[C@@]3(C)[C@H](C(=O)O)[C@@](C)([C@H](C)C(C)C)CC[C@]23C)[C@H]1OC(=O)C(N)CCCCNS(C)(=O)=O. The van der Waals surface area contributed by atoms with Crippen molar-refractivity contribution in [3.63, 3.8) is 0 Å². The van der Waals surface area contributed by atoms with Crippen molar-refractivity contribution in [2.45, 2.75) is 131 Å². The molecule has 1 unspecified atom stereocenters. The standard InChI is InChI=1S/C39H64N2O9S/c1-23(2)24(3)35(5)17-18-37(7)26-13-14-30-36(6)21-48-22-39(30,27(26)15-16-38(37,8)31(35)33(43)44)20-29(49-25(4)42)32(36)50-34(45)28(40)12-10-11-19-41-51(9,46)47/h15,23-24,26,28-32,41H,10-14,16-22,40H2,1-9H3,(H,43,44)/t24-,26+,28?,29-,30+,31-,32+,35-,36-,37-,38+,39-/m1/s1. The first-order valence-electron chi connectivity index (χ1n) is 19.2. The third kappa shape index (κ3) is 6.71. The van der Waals surface area contributed by atoms with E-state index in [1.54, 1.807) is 0 Å². The second kappa shape index (κ2) is 14.0. The van der Waals surface area contributed by atoms with Gasteiger partial charge >= 0.3 is 17.9 Å². The summed E-state index contributed by atoms with van der Waals surface area (Å²) in [4.78, 5) is 39.5. The van der Waals surface area contributed by atoms with E-state index in [9.17, 15) is 27.9 Å². The Morgan fingerprint density at radius 3 is 2.33 bits per heavy atom. The highest BCUT2D eigenvalue weighted by Gasteiger charge is 2.72. The van der Waals surface area contributed by atoms with E-state index in [4.69, 9.17) is 19.9 Å². The van der Waals surface area contributed by atoms with Crippen LogP contribution in [0.25, 0.3) is 0 Å². The van der Waals surface area contributed by atoms with Gasteiger partial charge in [0.25, 0.3) is 0 Å². The Bertz CT molecular complexity index is 1510. The second-order valence-electron chi connectivity index (χ2n) is 18.3. The summed E-state index contributed by atoms with van der Waals surface area (Å²) in [6.07, 6.45) is 8.07. The zero-order valence-corrected chi connectivity index (χ0v) is 33.2. The summed E-state index contributed by atoms with van der Waals surface area (Å²) in [6.45, 7) is 18.0. The quantitative estimate of drug-likeness (QED) is 0.133. The number of esters is 2. The van der Waals surface area contributed by atoms with Crippen LogP contribution in [0.15, 0.2) is 11.6 Å². The molecule has 0 amide bonds. The Kier molecular flexibility index (Phi) is 11.0. The smallest absolute Gasteiger partial charge is 0.323 e. The van der Waals surface area contributed by atoms with Crippen LogP contribution in [0, 0.1) is 56.7 Å². The van der Waals surface area contributed by atoms with Gasteiger partial charge in [-0.05, 0) is 91.3 Å². The highest BCUT2D eigenvalue weighted by Crippen LogP contribution is 2.75. The molecule has 4 aliphatic carbocycles. The van der Waals surface area contributed by atoms with Gasteiger partial charge in [-0.15, -0.1) is 0 Å². The molecule has 0 spiro atoms. The number of nitrogens with one attached hydrogen (secondary N) is 1. The first kappa shape index (κ1) is 40.2. The molecule has 4 fully saturated rings. The van der Waals surface area contributed by atoms with E-state index in [1.807, 2.05) is 0 Å². The Morgan fingerprint density at radius 1 is 1.04 bits per heavy atom. The molecule has 1 heterocycles. The van der Waals surface area contributed by atoms with E-state index in [1.165, 1.54) is 12.5 Å². The molecular formula is C39H64N2O9S. The van der Waals surface area contributed by atoms with E-state index in [2.05, 4.69) is 59.3 Å². The zero-order chi connectivity index (χ0) is 37.9. The summed E-state index contributed by atoms with van der Waals surface area (Å²) in [5.74, 6) is -1.33. The molecule has 3 saturated carbocycles. The lowest BCUT2D eigenvalue weighted by molar-refractivity contribution is -0.263. The van der Waals surface area contributed by atoms with Crippen molar-refractivity contribution in [2.24, 2.45) is 62.4 Å². The van der Waals surface area contributed by atoms with Crippen molar-refractivity contribution in [1.29, 1.82) is 0 Å². The largest absolute Gasteiger partial charge is 0.481 e. The van der Waals surface area contributed by atoms with Crippen LogP contribution in [-0.4, -0.2) is 75.7 Å². The fourth-order valence-electron chi connectivity index (χ4n) is 12.2. The number of nitrogens with two attached hydrogens (primary N) is 1. The van der Waals surface area contributed by atoms with Crippen molar-refractivity contribution in [3.05, 3.63) is 11.6 Å². The molecule has 12 heteroatoms. The number of carboxylic acid groups (broad SMARTS) is 1. The maximum absolute atomic E-state index is 13.5. The highest BCUT2D eigenvalue weighted by molar-refractivity contribution is 7.88. The average molecular weight is 737 g/mol. The molecule has 0 aromatic heterocycles.